The minimum absolute atomic E-state index is 0.0428. The van der Waals surface area contributed by atoms with Crippen molar-refractivity contribution in [3.05, 3.63) is 28.2 Å². The number of amides is 1. The van der Waals surface area contributed by atoms with E-state index in [0.29, 0.717) is 6.42 Å². The molecule has 2 rings (SSSR count). The fourth-order valence-corrected chi connectivity index (χ4v) is 2.60. The van der Waals surface area contributed by atoms with Crippen LogP contribution in [0.4, 0.5) is 18.9 Å². The van der Waals surface area contributed by atoms with Gasteiger partial charge in [0.2, 0.25) is 5.91 Å². The lowest BCUT2D eigenvalue weighted by atomic mass is 10.0. The van der Waals surface area contributed by atoms with E-state index in [4.69, 9.17) is 0 Å². The first-order valence-corrected chi connectivity index (χ1v) is 7.08. The molecule has 3 nitrogen and oxygen atoms in total. The highest BCUT2D eigenvalue weighted by atomic mass is 79.9. The van der Waals surface area contributed by atoms with Crippen LogP contribution in [0.15, 0.2) is 22.7 Å². The monoisotopic (exact) mass is 350 g/mol. The van der Waals surface area contributed by atoms with Crippen LogP contribution < -0.4 is 10.6 Å². The van der Waals surface area contributed by atoms with E-state index < -0.39 is 11.7 Å². The van der Waals surface area contributed by atoms with Crippen LogP contribution in [0.5, 0.6) is 0 Å². The van der Waals surface area contributed by atoms with Gasteiger partial charge in [-0.1, -0.05) is 22.4 Å². The molecular formula is C13H14BrF3N2O. The van der Waals surface area contributed by atoms with E-state index in [2.05, 4.69) is 26.6 Å². The van der Waals surface area contributed by atoms with Crippen molar-refractivity contribution >= 4 is 27.5 Å². The highest BCUT2D eigenvalue weighted by molar-refractivity contribution is 9.10. The van der Waals surface area contributed by atoms with E-state index in [-0.39, 0.29) is 22.1 Å². The van der Waals surface area contributed by atoms with Gasteiger partial charge in [0.15, 0.2) is 0 Å². The highest BCUT2D eigenvalue weighted by Crippen LogP contribution is 2.36. The van der Waals surface area contributed by atoms with E-state index in [1.165, 1.54) is 12.1 Å². The molecule has 1 aromatic carbocycles. The number of hydrogen-bond donors (Lipinski definition) is 2. The Balaban J connectivity index is 2.11. The fraction of sp³-hybridized carbons (Fsp3) is 0.462. The zero-order valence-electron chi connectivity index (χ0n) is 10.6. The topological polar surface area (TPSA) is 41.1 Å². The van der Waals surface area contributed by atoms with Crippen LogP contribution in [0.2, 0.25) is 0 Å². The summed E-state index contributed by atoms with van der Waals surface area (Å²) in [5.74, 6) is -0.292. The Bertz CT molecular complexity index is 499. The summed E-state index contributed by atoms with van der Waals surface area (Å²) in [7, 11) is 0. The van der Waals surface area contributed by atoms with Crippen molar-refractivity contribution in [2.45, 2.75) is 31.5 Å². The molecule has 0 saturated carbocycles. The van der Waals surface area contributed by atoms with Gasteiger partial charge < -0.3 is 10.6 Å². The smallest absolute Gasteiger partial charge is 0.325 e. The van der Waals surface area contributed by atoms with Crippen LogP contribution in [0, 0.1) is 0 Å². The van der Waals surface area contributed by atoms with Crippen molar-refractivity contribution in [3.8, 4) is 0 Å². The van der Waals surface area contributed by atoms with Gasteiger partial charge in [0, 0.05) is 10.2 Å². The quantitative estimate of drug-likeness (QED) is 0.856. The Morgan fingerprint density at radius 1 is 1.35 bits per heavy atom. The van der Waals surface area contributed by atoms with Gasteiger partial charge in [-0.25, -0.2) is 0 Å². The molecule has 1 atom stereocenters. The predicted molar refractivity (Wildman–Crippen MR) is 73.4 cm³/mol. The average Bonchev–Trinajstić information content (AvgIpc) is 2.40. The number of rotatable bonds is 2. The number of carbonyl (C=O) groups excluding carboxylic acids is 1. The molecule has 1 fully saturated rings. The number of benzene rings is 1. The van der Waals surface area contributed by atoms with E-state index in [9.17, 15) is 18.0 Å². The second-order valence-electron chi connectivity index (χ2n) is 4.68. The lowest BCUT2D eigenvalue weighted by Gasteiger charge is -2.22. The number of nitrogens with one attached hydrogen (secondary N) is 2. The average molecular weight is 351 g/mol. The number of carbonyl (C=O) groups is 1. The molecule has 1 aliphatic heterocycles. The van der Waals surface area contributed by atoms with Gasteiger partial charge in [-0.05, 0) is 37.6 Å². The number of alkyl halides is 3. The maximum absolute atomic E-state index is 12.8. The molecule has 2 N–H and O–H groups in total. The van der Waals surface area contributed by atoms with Crippen LogP contribution in [-0.2, 0) is 11.0 Å². The number of hydrogen-bond acceptors (Lipinski definition) is 2. The van der Waals surface area contributed by atoms with Gasteiger partial charge in [0.25, 0.3) is 0 Å². The second kappa shape index (κ2) is 6.13. The third-order valence-electron chi connectivity index (χ3n) is 3.17. The fourth-order valence-electron chi connectivity index (χ4n) is 2.13. The van der Waals surface area contributed by atoms with Crippen LogP contribution in [0.3, 0.4) is 0 Å². The third-order valence-corrected chi connectivity index (χ3v) is 3.86. The molecule has 7 heteroatoms. The van der Waals surface area contributed by atoms with Crippen molar-refractivity contribution < 1.29 is 18.0 Å². The van der Waals surface area contributed by atoms with Crippen LogP contribution in [0.1, 0.15) is 24.8 Å². The van der Waals surface area contributed by atoms with Gasteiger partial charge in [-0.2, -0.15) is 13.2 Å². The number of halogens is 4. The SMILES string of the molecule is O=C(Nc1ccc(Br)c(C(F)(F)F)c1)C1CCCCN1. The molecule has 1 saturated heterocycles. The second-order valence-corrected chi connectivity index (χ2v) is 5.54. The molecule has 0 bridgehead atoms. The summed E-state index contributed by atoms with van der Waals surface area (Å²) in [6.07, 6.45) is -1.79. The van der Waals surface area contributed by atoms with Crippen molar-refractivity contribution in [1.82, 2.24) is 5.32 Å². The normalized spacial score (nSPS) is 19.7. The molecular weight excluding hydrogens is 337 g/mol. The first-order chi connectivity index (χ1) is 9.38. The summed E-state index contributed by atoms with van der Waals surface area (Å²) in [6.45, 7) is 0.756. The Kier molecular flexibility index (Phi) is 4.70. The van der Waals surface area contributed by atoms with Crippen molar-refractivity contribution in [1.29, 1.82) is 0 Å². The standard InChI is InChI=1S/C13H14BrF3N2O/c14-10-5-4-8(7-9(10)13(15,16)17)19-12(20)11-3-1-2-6-18-11/h4-5,7,11,18H,1-3,6H2,(H,19,20). The lowest BCUT2D eigenvalue weighted by Crippen LogP contribution is -2.43. The van der Waals surface area contributed by atoms with E-state index in [1.54, 1.807) is 0 Å². The zero-order chi connectivity index (χ0) is 14.8. The molecule has 110 valence electrons. The lowest BCUT2D eigenvalue weighted by molar-refractivity contribution is -0.138. The summed E-state index contributed by atoms with van der Waals surface area (Å²) in [5, 5.41) is 5.58. The molecule has 0 aromatic heterocycles. The maximum atomic E-state index is 12.8. The van der Waals surface area contributed by atoms with Gasteiger partial charge in [-0.15, -0.1) is 0 Å². The van der Waals surface area contributed by atoms with E-state index in [1.807, 2.05) is 0 Å². The summed E-state index contributed by atoms with van der Waals surface area (Å²) >= 11 is 2.86. The maximum Gasteiger partial charge on any atom is 0.417 e. The highest BCUT2D eigenvalue weighted by Gasteiger charge is 2.33. The number of anilines is 1. The van der Waals surface area contributed by atoms with E-state index in [0.717, 1.165) is 25.5 Å². The molecule has 0 aliphatic carbocycles. The molecule has 1 unspecified atom stereocenters. The van der Waals surface area contributed by atoms with Gasteiger partial charge in [-0.3, -0.25) is 4.79 Å². The largest absolute Gasteiger partial charge is 0.417 e. The molecule has 1 heterocycles. The third kappa shape index (κ3) is 3.73. The van der Waals surface area contributed by atoms with Crippen LogP contribution in [0.25, 0.3) is 0 Å². The summed E-state index contributed by atoms with van der Waals surface area (Å²) in [6, 6.07) is 3.33. The first kappa shape index (κ1) is 15.3. The van der Waals surface area contributed by atoms with Crippen LogP contribution >= 0.6 is 15.9 Å². The minimum atomic E-state index is -4.46. The Hall–Kier alpha value is -1.08. The Morgan fingerprint density at radius 3 is 2.70 bits per heavy atom. The predicted octanol–water partition coefficient (Wildman–Crippen LogP) is 3.55. The van der Waals surface area contributed by atoms with Gasteiger partial charge >= 0.3 is 6.18 Å². The number of piperidine rings is 1. The summed E-state index contributed by atoms with van der Waals surface area (Å²) in [5.41, 5.74) is -0.648. The zero-order valence-corrected chi connectivity index (χ0v) is 12.1. The Morgan fingerprint density at radius 2 is 2.10 bits per heavy atom. The van der Waals surface area contributed by atoms with E-state index >= 15 is 0 Å². The van der Waals surface area contributed by atoms with Crippen molar-refractivity contribution in [2.75, 3.05) is 11.9 Å². The summed E-state index contributed by atoms with van der Waals surface area (Å²) in [4.78, 5) is 11.9. The molecule has 0 radical (unpaired) electrons. The molecule has 0 spiro atoms. The van der Waals surface area contributed by atoms with Crippen molar-refractivity contribution in [2.24, 2.45) is 0 Å². The van der Waals surface area contributed by atoms with Crippen LogP contribution in [-0.4, -0.2) is 18.5 Å². The molecule has 1 amide bonds. The minimum Gasteiger partial charge on any atom is -0.325 e. The van der Waals surface area contributed by atoms with Gasteiger partial charge in [0.1, 0.15) is 0 Å². The Labute approximate surface area is 123 Å². The summed E-state index contributed by atoms with van der Waals surface area (Å²) < 4.78 is 38.3. The molecule has 20 heavy (non-hydrogen) atoms. The molecule has 1 aliphatic rings. The van der Waals surface area contributed by atoms with Crippen molar-refractivity contribution in [3.63, 3.8) is 0 Å². The van der Waals surface area contributed by atoms with Gasteiger partial charge in [0.05, 0.1) is 11.6 Å². The molecule has 1 aromatic rings. The first-order valence-electron chi connectivity index (χ1n) is 6.29.